The van der Waals surface area contributed by atoms with Gasteiger partial charge < -0.3 is 9.88 Å². The van der Waals surface area contributed by atoms with Crippen LogP contribution in [0.3, 0.4) is 0 Å². The van der Waals surface area contributed by atoms with Gasteiger partial charge in [0.05, 0.1) is 23.0 Å². The molecule has 2 aromatic heterocycles. The molecule has 0 bridgehead atoms. The lowest BCUT2D eigenvalue weighted by Gasteiger charge is -2.35. The fraction of sp³-hybridized carbons (Fsp3) is 0.263. The Morgan fingerprint density at radius 1 is 1.12 bits per heavy atom. The first kappa shape index (κ1) is 16.2. The van der Waals surface area contributed by atoms with Gasteiger partial charge in [0.25, 0.3) is 5.56 Å². The van der Waals surface area contributed by atoms with Crippen molar-refractivity contribution in [2.24, 2.45) is 0 Å². The molecular weight excluding hydrogens is 328 g/mol. The van der Waals surface area contributed by atoms with E-state index in [1.165, 1.54) is 0 Å². The Morgan fingerprint density at radius 3 is 2.65 bits per heavy atom. The van der Waals surface area contributed by atoms with Gasteiger partial charge in [-0.15, -0.1) is 0 Å². The monoisotopic (exact) mass is 346 g/mol. The highest BCUT2D eigenvalue weighted by molar-refractivity contribution is 5.77. The second kappa shape index (κ2) is 6.94. The number of pyridine rings is 1. The number of fused-ring (bicyclic) bond motifs is 1. The first-order chi connectivity index (χ1) is 12.7. The lowest BCUT2D eigenvalue weighted by Crippen LogP contribution is -2.46. The third-order valence-corrected chi connectivity index (χ3v) is 4.61. The second-order valence-corrected chi connectivity index (χ2v) is 6.31. The van der Waals surface area contributed by atoms with Crippen LogP contribution in [0.2, 0.25) is 0 Å². The Kier molecular flexibility index (Phi) is 4.33. The Bertz CT molecular complexity index is 1010. The molecular formula is C19H18N6O. The van der Waals surface area contributed by atoms with Gasteiger partial charge >= 0.3 is 0 Å². The van der Waals surface area contributed by atoms with E-state index in [9.17, 15) is 4.79 Å². The van der Waals surface area contributed by atoms with E-state index >= 15 is 0 Å². The maximum Gasteiger partial charge on any atom is 0.258 e. The van der Waals surface area contributed by atoms with Crippen molar-refractivity contribution in [1.82, 2.24) is 19.9 Å². The van der Waals surface area contributed by atoms with Gasteiger partial charge in [-0.2, -0.15) is 5.26 Å². The molecule has 1 saturated heterocycles. The summed E-state index contributed by atoms with van der Waals surface area (Å²) in [5.74, 6) is 1.58. The number of nitrogens with one attached hydrogen (secondary N) is 1. The molecule has 1 aliphatic heterocycles. The number of para-hydroxylation sites is 1. The van der Waals surface area contributed by atoms with Crippen molar-refractivity contribution in [3.8, 4) is 6.07 Å². The van der Waals surface area contributed by atoms with Crippen molar-refractivity contribution < 1.29 is 0 Å². The number of aromatic amines is 1. The number of hydrogen-bond donors (Lipinski definition) is 1. The van der Waals surface area contributed by atoms with Gasteiger partial charge in [0.15, 0.2) is 0 Å². The van der Waals surface area contributed by atoms with Crippen LogP contribution in [0.4, 0.5) is 5.82 Å². The van der Waals surface area contributed by atoms with E-state index in [1.807, 2.05) is 24.3 Å². The van der Waals surface area contributed by atoms with E-state index in [2.05, 4.69) is 30.8 Å². The van der Waals surface area contributed by atoms with E-state index in [1.54, 1.807) is 18.3 Å². The number of H-pyrrole nitrogens is 1. The van der Waals surface area contributed by atoms with Gasteiger partial charge in [0.2, 0.25) is 0 Å². The summed E-state index contributed by atoms with van der Waals surface area (Å²) in [5, 5.41) is 9.48. The number of anilines is 1. The zero-order valence-electron chi connectivity index (χ0n) is 14.2. The number of rotatable bonds is 3. The molecule has 0 radical (unpaired) electrons. The van der Waals surface area contributed by atoms with E-state index in [0.717, 1.165) is 37.5 Å². The Balaban J connectivity index is 1.42. The number of piperazine rings is 1. The molecule has 3 heterocycles. The van der Waals surface area contributed by atoms with Crippen molar-refractivity contribution in [2.45, 2.75) is 6.54 Å². The molecule has 0 saturated carbocycles. The van der Waals surface area contributed by atoms with Gasteiger partial charge in [-0.05, 0) is 24.3 Å². The van der Waals surface area contributed by atoms with Crippen molar-refractivity contribution >= 4 is 16.7 Å². The molecule has 130 valence electrons. The molecule has 0 unspecified atom stereocenters. The van der Waals surface area contributed by atoms with Crippen LogP contribution in [0, 0.1) is 11.3 Å². The minimum atomic E-state index is -0.0916. The van der Waals surface area contributed by atoms with Crippen LogP contribution in [0.1, 0.15) is 11.4 Å². The second-order valence-electron chi connectivity index (χ2n) is 6.31. The third kappa shape index (κ3) is 3.27. The zero-order valence-corrected chi connectivity index (χ0v) is 14.2. The summed E-state index contributed by atoms with van der Waals surface area (Å²) < 4.78 is 0. The Labute approximate surface area is 150 Å². The van der Waals surface area contributed by atoms with Crippen LogP contribution >= 0.6 is 0 Å². The SMILES string of the molecule is N#Cc1ccc(N2CCN(Cc3nc4ccccc4c(=O)[nH]3)CC2)nc1. The van der Waals surface area contributed by atoms with Crippen LogP contribution in [0.15, 0.2) is 47.4 Å². The minimum absolute atomic E-state index is 0.0916. The molecule has 1 fully saturated rings. The molecule has 0 amide bonds. The molecule has 0 aliphatic carbocycles. The zero-order chi connectivity index (χ0) is 17.9. The van der Waals surface area contributed by atoms with Gasteiger partial charge in [-0.25, -0.2) is 9.97 Å². The summed E-state index contributed by atoms with van der Waals surface area (Å²) in [6.45, 7) is 4.03. The van der Waals surface area contributed by atoms with Gasteiger partial charge in [0.1, 0.15) is 17.7 Å². The summed E-state index contributed by atoms with van der Waals surface area (Å²) in [5.41, 5.74) is 1.21. The van der Waals surface area contributed by atoms with E-state index in [4.69, 9.17) is 5.26 Å². The summed E-state index contributed by atoms with van der Waals surface area (Å²) in [6.07, 6.45) is 1.60. The molecule has 7 heteroatoms. The standard InChI is InChI=1S/C19H18N6O/c20-11-14-5-6-18(21-12-14)25-9-7-24(8-10-25)13-17-22-16-4-2-1-3-15(16)19(26)23-17/h1-6,12H,7-10,13H2,(H,22,23,26). The maximum atomic E-state index is 12.2. The van der Waals surface area contributed by atoms with Gasteiger partial charge in [-0.1, -0.05) is 12.1 Å². The van der Waals surface area contributed by atoms with Crippen LogP contribution in [0.25, 0.3) is 10.9 Å². The van der Waals surface area contributed by atoms with Crippen LogP contribution < -0.4 is 10.5 Å². The van der Waals surface area contributed by atoms with Crippen LogP contribution in [-0.4, -0.2) is 46.0 Å². The maximum absolute atomic E-state index is 12.2. The van der Waals surface area contributed by atoms with E-state index in [0.29, 0.717) is 23.3 Å². The number of aromatic nitrogens is 3. The fourth-order valence-corrected chi connectivity index (χ4v) is 3.20. The number of nitrogens with zero attached hydrogens (tertiary/aromatic N) is 5. The molecule has 0 spiro atoms. The minimum Gasteiger partial charge on any atom is -0.354 e. The lowest BCUT2D eigenvalue weighted by molar-refractivity contribution is 0.243. The molecule has 1 N–H and O–H groups in total. The Hall–Kier alpha value is -3.24. The normalized spacial score (nSPS) is 15.1. The highest BCUT2D eigenvalue weighted by Gasteiger charge is 2.19. The van der Waals surface area contributed by atoms with Crippen molar-refractivity contribution in [2.75, 3.05) is 31.1 Å². The highest BCUT2D eigenvalue weighted by atomic mass is 16.1. The summed E-state index contributed by atoms with van der Waals surface area (Å²) in [6, 6.07) is 13.1. The summed E-state index contributed by atoms with van der Waals surface area (Å²) in [7, 11) is 0. The van der Waals surface area contributed by atoms with E-state index in [-0.39, 0.29) is 5.56 Å². The van der Waals surface area contributed by atoms with Crippen molar-refractivity contribution in [3.63, 3.8) is 0 Å². The van der Waals surface area contributed by atoms with Gasteiger partial charge in [0, 0.05) is 32.4 Å². The third-order valence-electron chi connectivity index (χ3n) is 4.61. The smallest absolute Gasteiger partial charge is 0.258 e. The average molecular weight is 346 g/mol. The van der Waals surface area contributed by atoms with Gasteiger partial charge in [-0.3, -0.25) is 9.69 Å². The molecule has 7 nitrogen and oxygen atoms in total. The molecule has 1 aromatic carbocycles. The molecule has 1 aliphatic rings. The quantitative estimate of drug-likeness (QED) is 0.773. The predicted octanol–water partition coefficient (Wildman–Crippen LogP) is 1.51. The number of hydrogen-bond acceptors (Lipinski definition) is 6. The van der Waals surface area contributed by atoms with Crippen LogP contribution in [-0.2, 0) is 6.54 Å². The number of nitriles is 1. The summed E-state index contributed by atoms with van der Waals surface area (Å²) >= 11 is 0. The highest BCUT2D eigenvalue weighted by Crippen LogP contribution is 2.15. The molecule has 3 aromatic rings. The molecule has 0 atom stereocenters. The predicted molar refractivity (Wildman–Crippen MR) is 98.8 cm³/mol. The molecule has 26 heavy (non-hydrogen) atoms. The van der Waals surface area contributed by atoms with E-state index < -0.39 is 0 Å². The van der Waals surface area contributed by atoms with Crippen molar-refractivity contribution in [3.05, 3.63) is 64.3 Å². The molecule has 4 rings (SSSR count). The number of benzene rings is 1. The lowest BCUT2D eigenvalue weighted by atomic mass is 10.2. The van der Waals surface area contributed by atoms with Crippen LogP contribution in [0.5, 0.6) is 0 Å². The van der Waals surface area contributed by atoms with Crippen molar-refractivity contribution in [1.29, 1.82) is 5.26 Å². The fourth-order valence-electron chi connectivity index (χ4n) is 3.20. The first-order valence-electron chi connectivity index (χ1n) is 8.54. The first-order valence-corrected chi connectivity index (χ1v) is 8.54. The topological polar surface area (TPSA) is 88.9 Å². The largest absolute Gasteiger partial charge is 0.354 e. The summed E-state index contributed by atoms with van der Waals surface area (Å²) in [4.78, 5) is 28.5. The average Bonchev–Trinajstić information content (AvgIpc) is 2.69. The Morgan fingerprint density at radius 2 is 1.92 bits per heavy atom.